The molecule has 3 heteroatoms. The third kappa shape index (κ3) is 5.20. The average molecular weight is 325 g/mol. The van der Waals surface area contributed by atoms with Crippen molar-refractivity contribution in [1.29, 1.82) is 0 Å². The third-order valence-corrected chi connectivity index (χ3v) is 4.47. The van der Waals surface area contributed by atoms with Crippen LogP contribution >= 0.6 is 0 Å². The van der Waals surface area contributed by atoms with Gasteiger partial charge in [0.2, 0.25) is 5.91 Å². The lowest BCUT2D eigenvalue weighted by molar-refractivity contribution is -0.122. The molecule has 1 amide bonds. The number of aliphatic hydroxyl groups is 1. The van der Waals surface area contributed by atoms with E-state index in [4.69, 9.17) is 0 Å². The first-order valence-corrected chi connectivity index (χ1v) is 8.74. The summed E-state index contributed by atoms with van der Waals surface area (Å²) in [7, 11) is 0. The Labute approximate surface area is 144 Å². The highest BCUT2D eigenvalue weighted by Crippen LogP contribution is 2.23. The molecule has 0 saturated heterocycles. The molecule has 24 heavy (non-hydrogen) atoms. The van der Waals surface area contributed by atoms with Crippen LogP contribution in [-0.2, 0) is 4.79 Å². The fourth-order valence-corrected chi connectivity index (χ4v) is 3.11. The van der Waals surface area contributed by atoms with Gasteiger partial charge in [-0.05, 0) is 36.3 Å². The Kier molecular flexibility index (Phi) is 7.50. The van der Waals surface area contributed by atoms with E-state index in [0.29, 0.717) is 6.54 Å². The van der Waals surface area contributed by atoms with Crippen molar-refractivity contribution in [2.45, 2.75) is 38.0 Å². The quantitative estimate of drug-likeness (QED) is 0.735. The Morgan fingerprint density at radius 1 is 0.958 bits per heavy atom. The highest BCUT2D eigenvalue weighted by molar-refractivity contribution is 5.83. The zero-order chi connectivity index (χ0) is 17.2. The summed E-state index contributed by atoms with van der Waals surface area (Å²) in [6.07, 6.45) is 2.34. The predicted octanol–water partition coefficient (Wildman–Crippen LogP) is 3.85. The van der Waals surface area contributed by atoms with E-state index >= 15 is 0 Å². The molecule has 2 N–H and O–H groups in total. The Morgan fingerprint density at radius 2 is 1.54 bits per heavy atom. The van der Waals surface area contributed by atoms with Crippen LogP contribution in [-0.4, -0.2) is 24.2 Å². The second kappa shape index (κ2) is 9.89. The van der Waals surface area contributed by atoms with Crippen LogP contribution in [0.4, 0.5) is 0 Å². The Hall–Kier alpha value is -2.13. The molecule has 0 bridgehead atoms. The van der Waals surface area contributed by atoms with Crippen LogP contribution in [0, 0.1) is 0 Å². The van der Waals surface area contributed by atoms with Crippen LogP contribution in [0.15, 0.2) is 60.7 Å². The number of aliphatic hydroxyl groups excluding tert-OH is 1. The van der Waals surface area contributed by atoms with Crippen molar-refractivity contribution < 1.29 is 9.90 Å². The van der Waals surface area contributed by atoms with Gasteiger partial charge in [-0.25, -0.2) is 0 Å². The summed E-state index contributed by atoms with van der Waals surface area (Å²) in [5.41, 5.74) is 2.28. The molecule has 0 spiro atoms. The fraction of sp³-hybridized carbons (Fsp3) is 0.381. The van der Waals surface area contributed by atoms with Crippen LogP contribution < -0.4 is 5.32 Å². The summed E-state index contributed by atoms with van der Waals surface area (Å²) in [4.78, 5) is 12.5. The van der Waals surface area contributed by atoms with Gasteiger partial charge in [0.15, 0.2) is 0 Å². The summed E-state index contributed by atoms with van der Waals surface area (Å²) >= 11 is 0. The SMILES string of the molecule is CC[C@@H](C(=O)NCC[C@H](CCO)c1ccccc1)c1ccccc1. The number of carbonyl (C=O) groups excluding carboxylic acids is 1. The van der Waals surface area contributed by atoms with E-state index in [-0.39, 0.29) is 24.3 Å². The van der Waals surface area contributed by atoms with E-state index < -0.39 is 0 Å². The van der Waals surface area contributed by atoms with Gasteiger partial charge in [0.05, 0.1) is 5.92 Å². The van der Waals surface area contributed by atoms with Crippen molar-refractivity contribution in [3.8, 4) is 0 Å². The summed E-state index contributed by atoms with van der Waals surface area (Å²) in [5, 5.41) is 12.4. The number of rotatable bonds is 9. The molecule has 2 aromatic carbocycles. The molecule has 0 saturated carbocycles. The number of carbonyl (C=O) groups is 1. The van der Waals surface area contributed by atoms with Crippen LogP contribution in [0.3, 0.4) is 0 Å². The summed E-state index contributed by atoms with van der Waals surface area (Å²) < 4.78 is 0. The minimum Gasteiger partial charge on any atom is -0.396 e. The molecule has 0 fully saturated rings. The van der Waals surface area contributed by atoms with Crippen molar-refractivity contribution in [1.82, 2.24) is 5.32 Å². The summed E-state index contributed by atoms with van der Waals surface area (Å²) in [5.74, 6) is 0.257. The maximum atomic E-state index is 12.5. The number of hydrogen-bond acceptors (Lipinski definition) is 2. The molecule has 2 aromatic rings. The predicted molar refractivity (Wildman–Crippen MR) is 98.0 cm³/mol. The highest BCUT2D eigenvalue weighted by Gasteiger charge is 2.18. The standard InChI is InChI=1S/C21H27NO2/c1-2-20(19-11-7-4-8-12-19)21(24)22-15-13-18(14-16-23)17-9-5-3-6-10-17/h3-12,18,20,23H,2,13-16H2,1H3,(H,22,24)/t18-,20-/m1/s1. The summed E-state index contributed by atoms with van der Waals surface area (Å²) in [6, 6.07) is 20.1. The first-order chi connectivity index (χ1) is 11.8. The lowest BCUT2D eigenvalue weighted by Crippen LogP contribution is -2.30. The van der Waals surface area contributed by atoms with Crippen LogP contribution in [0.25, 0.3) is 0 Å². The third-order valence-electron chi connectivity index (χ3n) is 4.47. The second-order valence-corrected chi connectivity index (χ2v) is 6.07. The maximum absolute atomic E-state index is 12.5. The Morgan fingerprint density at radius 3 is 2.08 bits per heavy atom. The van der Waals surface area contributed by atoms with E-state index in [1.165, 1.54) is 5.56 Å². The van der Waals surface area contributed by atoms with Crippen LogP contribution in [0.1, 0.15) is 49.1 Å². The van der Waals surface area contributed by atoms with Gasteiger partial charge in [-0.2, -0.15) is 0 Å². The van der Waals surface area contributed by atoms with Gasteiger partial charge >= 0.3 is 0 Å². The van der Waals surface area contributed by atoms with Crippen molar-refractivity contribution in [2.75, 3.05) is 13.2 Å². The zero-order valence-electron chi connectivity index (χ0n) is 14.3. The molecule has 0 aromatic heterocycles. The van der Waals surface area contributed by atoms with Gasteiger partial charge in [-0.1, -0.05) is 67.6 Å². The van der Waals surface area contributed by atoms with Gasteiger partial charge in [-0.15, -0.1) is 0 Å². The molecule has 2 atom stereocenters. The highest BCUT2D eigenvalue weighted by atomic mass is 16.3. The lowest BCUT2D eigenvalue weighted by atomic mass is 9.92. The normalized spacial score (nSPS) is 13.2. The molecule has 0 aliphatic carbocycles. The smallest absolute Gasteiger partial charge is 0.227 e. The number of benzene rings is 2. The molecule has 0 heterocycles. The molecule has 3 nitrogen and oxygen atoms in total. The number of nitrogens with one attached hydrogen (secondary N) is 1. The van der Waals surface area contributed by atoms with Crippen LogP contribution in [0.5, 0.6) is 0 Å². The molecular weight excluding hydrogens is 298 g/mol. The lowest BCUT2D eigenvalue weighted by Gasteiger charge is -2.19. The fourth-order valence-electron chi connectivity index (χ4n) is 3.11. The van der Waals surface area contributed by atoms with Crippen molar-refractivity contribution >= 4 is 5.91 Å². The van der Waals surface area contributed by atoms with E-state index in [2.05, 4.69) is 17.4 Å². The monoisotopic (exact) mass is 325 g/mol. The minimum absolute atomic E-state index is 0.0829. The van der Waals surface area contributed by atoms with Crippen molar-refractivity contribution in [2.24, 2.45) is 0 Å². The first kappa shape index (κ1) is 18.2. The first-order valence-electron chi connectivity index (χ1n) is 8.74. The van der Waals surface area contributed by atoms with Crippen LogP contribution in [0.2, 0.25) is 0 Å². The largest absolute Gasteiger partial charge is 0.396 e. The zero-order valence-corrected chi connectivity index (χ0v) is 14.3. The number of hydrogen-bond donors (Lipinski definition) is 2. The molecular formula is C21H27NO2. The van der Waals surface area contributed by atoms with Gasteiger partial charge in [0.25, 0.3) is 0 Å². The van der Waals surface area contributed by atoms with Gasteiger partial charge in [0.1, 0.15) is 0 Å². The van der Waals surface area contributed by atoms with Gasteiger partial charge in [-0.3, -0.25) is 4.79 Å². The van der Waals surface area contributed by atoms with E-state index in [1.807, 2.05) is 55.5 Å². The maximum Gasteiger partial charge on any atom is 0.227 e. The van der Waals surface area contributed by atoms with E-state index in [1.54, 1.807) is 0 Å². The topological polar surface area (TPSA) is 49.3 Å². The Balaban J connectivity index is 1.90. The van der Waals surface area contributed by atoms with E-state index in [9.17, 15) is 9.90 Å². The average Bonchev–Trinajstić information content (AvgIpc) is 2.63. The molecule has 0 unspecified atom stereocenters. The van der Waals surface area contributed by atoms with Crippen molar-refractivity contribution in [3.63, 3.8) is 0 Å². The minimum atomic E-state index is -0.0979. The van der Waals surface area contributed by atoms with E-state index in [0.717, 1.165) is 24.8 Å². The molecule has 0 aliphatic heterocycles. The van der Waals surface area contributed by atoms with Gasteiger partial charge < -0.3 is 10.4 Å². The second-order valence-electron chi connectivity index (χ2n) is 6.07. The van der Waals surface area contributed by atoms with Crippen molar-refractivity contribution in [3.05, 3.63) is 71.8 Å². The Bertz CT molecular complexity index is 598. The molecule has 128 valence electrons. The molecule has 2 rings (SSSR count). The summed E-state index contributed by atoms with van der Waals surface area (Å²) in [6.45, 7) is 2.83. The number of amides is 1. The molecule has 0 aliphatic rings. The van der Waals surface area contributed by atoms with Gasteiger partial charge in [0, 0.05) is 13.2 Å². The molecule has 0 radical (unpaired) electrons.